The fraction of sp³-hybridized carbons (Fsp3) is 0.500. The van der Waals surface area contributed by atoms with E-state index in [0.29, 0.717) is 24.8 Å². The minimum Gasteiger partial charge on any atom is -0.392 e. The van der Waals surface area contributed by atoms with Gasteiger partial charge in [0.25, 0.3) is 0 Å². The molecule has 7 heteroatoms. The van der Waals surface area contributed by atoms with E-state index in [-0.39, 0.29) is 6.10 Å². The maximum absolute atomic E-state index is 9.63. The van der Waals surface area contributed by atoms with Gasteiger partial charge in [0.1, 0.15) is 0 Å². The molecule has 2 aromatic rings. The average molecular weight is 344 g/mol. The number of halogens is 1. The van der Waals surface area contributed by atoms with Crippen LogP contribution < -0.4 is 0 Å². The van der Waals surface area contributed by atoms with Gasteiger partial charge in [-0.2, -0.15) is 4.98 Å². The van der Waals surface area contributed by atoms with Crippen LogP contribution in [0.4, 0.5) is 0 Å². The summed E-state index contributed by atoms with van der Waals surface area (Å²) in [4.78, 5) is 7.54. The standard InChI is InChI=1S/C12H14BrN3O2S/c13-10-4-3-9(19-10)12-14-11(18-15-12)7-16-5-1-2-8(17)6-16/h3-4,8,17H,1-2,5-7H2/t8-/m0/s1. The third kappa shape index (κ3) is 3.22. The third-order valence-corrected chi connectivity index (χ3v) is 4.72. The van der Waals surface area contributed by atoms with Crippen molar-refractivity contribution in [1.29, 1.82) is 0 Å². The highest BCUT2D eigenvalue weighted by Gasteiger charge is 2.20. The molecule has 1 aliphatic rings. The van der Waals surface area contributed by atoms with E-state index in [0.717, 1.165) is 28.0 Å². The molecule has 1 N–H and O–H groups in total. The van der Waals surface area contributed by atoms with Gasteiger partial charge in [0.2, 0.25) is 11.7 Å². The Balaban J connectivity index is 1.68. The van der Waals surface area contributed by atoms with Crippen LogP contribution in [0.25, 0.3) is 10.7 Å². The Bertz CT molecular complexity index is 557. The number of aromatic nitrogens is 2. The molecule has 5 nitrogen and oxygen atoms in total. The zero-order valence-electron chi connectivity index (χ0n) is 10.3. The fourth-order valence-electron chi connectivity index (χ4n) is 2.22. The molecule has 1 saturated heterocycles. The second kappa shape index (κ2) is 5.70. The second-order valence-corrected chi connectivity index (χ2v) is 7.11. The van der Waals surface area contributed by atoms with Crippen molar-refractivity contribution < 1.29 is 9.63 Å². The van der Waals surface area contributed by atoms with Crippen LogP contribution in [0.3, 0.4) is 0 Å². The molecule has 19 heavy (non-hydrogen) atoms. The highest BCUT2D eigenvalue weighted by Crippen LogP contribution is 2.29. The summed E-state index contributed by atoms with van der Waals surface area (Å²) in [6.07, 6.45) is 1.67. The topological polar surface area (TPSA) is 62.4 Å². The number of piperidine rings is 1. The Morgan fingerprint density at radius 1 is 1.53 bits per heavy atom. The molecule has 1 atom stereocenters. The smallest absolute Gasteiger partial charge is 0.241 e. The molecule has 0 amide bonds. The Labute approximate surface area is 123 Å². The largest absolute Gasteiger partial charge is 0.392 e. The van der Waals surface area contributed by atoms with Crippen molar-refractivity contribution in [1.82, 2.24) is 15.0 Å². The van der Waals surface area contributed by atoms with Crippen LogP contribution in [0.2, 0.25) is 0 Å². The summed E-state index contributed by atoms with van der Waals surface area (Å²) in [6.45, 7) is 2.26. The predicted octanol–water partition coefficient (Wildman–Crippen LogP) is 2.52. The van der Waals surface area contributed by atoms with E-state index in [9.17, 15) is 5.11 Å². The van der Waals surface area contributed by atoms with Gasteiger partial charge in [0, 0.05) is 6.54 Å². The first-order valence-electron chi connectivity index (χ1n) is 6.19. The van der Waals surface area contributed by atoms with E-state index in [4.69, 9.17) is 4.52 Å². The molecule has 2 aromatic heterocycles. The summed E-state index contributed by atoms with van der Waals surface area (Å²) < 4.78 is 6.32. The first-order valence-corrected chi connectivity index (χ1v) is 7.80. The molecule has 3 heterocycles. The number of rotatable bonds is 3. The number of β-amino-alcohol motifs (C(OH)–C–C–N with tert-alkyl or cyclic N) is 1. The van der Waals surface area contributed by atoms with Crippen molar-refractivity contribution >= 4 is 27.3 Å². The highest BCUT2D eigenvalue weighted by molar-refractivity contribution is 9.11. The zero-order valence-corrected chi connectivity index (χ0v) is 12.7. The Hall–Kier alpha value is -0.760. The molecule has 1 fully saturated rings. The van der Waals surface area contributed by atoms with E-state index in [1.807, 2.05) is 12.1 Å². The van der Waals surface area contributed by atoms with Crippen molar-refractivity contribution in [2.45, 2.75) is 25.5 Å². The van der Waals surface area contributed by atoms with Crippen LogP contribution >= 0.6 is 27.3 Å². The molecule has 1 aliphatic heterocycles. The Morgan fingerprint density at radius 3 is 3.16 bits per heavy atom. The molecule has 0 spiro atoms. The third-order valence-electron chi connectivity index (χ3n) is 3.10. The lowest BCUT2D eigenvalue weighted by Crippen LogP contribution is -2.37. The number of aliphatic hydroxyl groups is 1. The molecule has 0 bridgehead atoms. The molecule has 102 valence electrons. The van der Waals surface area contributed by atoms with E-state index < -0.39 is 0 Å². The van der Waals surface area contributed by atoms with Gasteiger partial charge < -0.3 is 9.63 Å². The lowest BCUT2D eigenvalue weighted by atomic mass is 10.1. The molecule has 0 saturated carbocycles. The summed E-state index contributed by atoms with van der Waals surface area (Å²) in [6, 6.07) is 3.94. The molecule has 3 rings (SSSR count). The summed E-state index contributed by atoms with van der Waals surface area (Å²) in [7, 11) is 0. The van der Waals surface area contributed by atoms with Gasteiger partial charge in [0.15, 0.2) is 0 Å². The number of aliphatic hydroxyl groups excluding tert-OH is 1. The van der Waals surface area contributed by atoms with Crippen LogP contribution in [0.1, 0.15) is 18.7 Å². The monoisotopic (exact) mass is 343 g/mol. The van der Waals surface area contributed by atoms with Crippen molar-refractivity contribution in [2.24, 2.45) is 0 Å². The molecule has 0 aliphatic carbocycles. The lowest BCUT2D eigenvalue weighted by Gasteiger charge is -2.28. The quantitative estimate of drug-likeness (QED) is 0.927. The summed E-state index contributed by atoms with van der Waals surface area (Å²) in [5, 5.41) is 13.6. The molecule has 0 aromatic carbocycles. The van der Waals surface area contributed by atoms with Crippen molar-refractivity contribution in [3.8, 4) is 10.7 Å². The highest BCUT2D eigenvalue weighted by atomic mass is 79.9. The molecule has 0 unspecified atom stereocenters. The summed E-state index contributed by atoms with van der Waals surface area (Å²) in [5.74, 6) is 1.23. The number of likely N-dealkylation sites (tertiary alicyclic amines) is 1. The van der Waals surface area contributed by atoms with Crippen LogP contribution in [0.5, 0.6) is 0 Å². The van der Waals surface area contributed by atoms with Gasteiger partial charge in [-0.15, -0.1) is 11.3 Å². The minimum absolute atomic E-state index is 0.232. The van der Waals surface area contributed by atoms with Crippen LogP contribution in [-0.2, 0) is 6.54 Å². The van der Waals surface area contributed by atoms with Gasteiger partial charge in [-0.3, -0.25) is 4.90 Å². The lowest BCUT2D eigenvalue weighted by molar-refractivity contribution is 0.0613. The maximum atomic E-state index is 9.63. The van der Waals surface area contributed by atoms with Crippen LogP contribution in [-0.4, -0.2) is 39.3 Å². The minimum atomic E-state index is -0.232. The molecule has 0 radical (unpaired) electrons. The normalized spacial score (nSPS) is 20.8. The number of hydrogen-bond donors (Lipinski definition) is 1. The predicted molar refractivity (Wildman–Crippen MR) is 75.8 cm³/mol. The van der Waals surface area contributed by atoms with Gasteiger partial charge in [0.05, 0.1) is 21.3 Å². The van der Waals surface area contributed by atoms with Crippen LogP contribution in [0.15, 0.2) is 20.4 Å². The summed E-state index contributed by atoms with van der Waals surface area (Å²) >= 11 is 5.00. The molecular formula is C12H14BrN3O2S. The van der Waals surface area contributed by atoms with E-state index in [2.05, 4.69) is 31.0 Å². The summed E-state index contributed by atoms with van der Waals surface area (Å²) in [5.41, 5.74) is 0. The maximum Gasteiger partial charge on any atom is 0.241 e. The van der Waals surface area contributed by atoms with Crippen molar-refractivity contribution in [2.75, 3.05) is 13.1 Å². The van der Waals surface area contributed by atoms with Gasteiger partial charge in [-0.05, 0) is 47.4 Å². The Morgan fingerprint density at radius 2 is 2.42 bits per heavy atom. The first kappa shape index (κ1) is 13.2. The van der Waals surface area contributed by atoms with E-state index in [1.165, 1.54) is 0 Å². The molecular weight excluding hydrogens is 330 g/mol. The van der Waals surface area contributed by atoms with Crippen molar-refractivity contribution in [3.05, 3.63) is 21.8 Å². The first-order chi connectivity index (χ1) is 9.20. The fourth-order valence-corrected chi connectivity index (χ4v) is 3.53. The van der Waals surface area contributed by atoms with E-state index in [1.54, 1.807) is 11.3 Å². The Kier molecular flexibility index (Phi) is 3.97. The second-order valence-electron chi connectivity index (χ2n) is 4.65. The number of nitrogens with zero attached hydrogens (tertiary/aromatic N) is 3. The van der Waals surface area contributed by atoms with Crippen LogP contribution in [0, 0.1) is 0 Å². The van der Waals surface area contributed by atoms with Gasteiger partial charge >= 0.3 is 0 Å². The average Bonchev–Trinajstić information content (AvgIpc) is 2.98. The van der Waals surface area contributed by atoms with E-state index >= 15 is 0 Å². The number of thiophene rings is 1. The zero-order chi connectivity index (χ0) is 13.2. The van der Waals surface area contributed by atoms with Crippen molar-refractivity contribution in [3.63, 3.8) is 0 Å². The van der Waals surface area contributed by atoms with Gasteiger partial charge in [-0.25, -0.2) is 0 Å². The van der Waals surface area contributed by atoms with Gasteiger partial charge in [-0.1, -0.05) is 5.16 Å². The number of hydrogen-bond acceptors (Lipinski definition) is 6. The SMILES string of the molecule is O[C@H]1CCCN(Cc2nc(-c3ccc(Br)s3)no2)C1.